The van der Waals surface area contributed by atoms with Crippen molar-refractivity contribution in [2.75, 3.05) is 12.4 Å². The molecule has 0 radical (unpaired) electrons. The number of pyridine rings is 1. The molecule has 15 heavy (non-hydrogen) atoms. The maximum Gasteiger partial charge on any atom is 0.171 e. The van der Waals surface area contributed by atoms with E-state index >= 15 is 0 Å². The highest BCUT2D eigenvalue weighted by Crippen LogP contribution is 2.27. The van der Waals surface area contributed by atoms with Gasteiger partial charge in [0.05, 0.1) is 11.6 Å². The summed E-state index contributed by atoms with van der Waals surface area (Å²) in [6.07, 6.45) is 1.51. The number of aliphatic hydroxyl groups excluding tert-OH is 1. The number of nitrogens with zero attached hydrogens (tertiary/aromatic N) is 2. The summed E-state index contributed by atoms with van der Waals surface area (Å²) in [6, 6.07) is 1.56. The van der Waals surface area contributed by atoms with Crippen molar-refractivity contribution in [1.82, 2.24) is 4.98 Å². The molecule has 0 saturated heterocycles. The third-order valence-corrected chi connectivity index (χ3v) is 3.04. The van der Waals surface area contributed by atoms with E-state index in [1.165, 1.54) is 18.0 Å². The Labute approximate surface area is 95.9 Å². The predicted molar refractivity (Wildman–Crippen MR) is 59.6 cm³/mol. The molecule has 0 aromatic carbocycles. The van der Waals surface area contributed by atoms with E-state index in [-0.39, 0.29) is 12.4 Å². The quantitative estimate of drug-likeness (QED) is 0.242. The van der Waals surface area contributed by atoms with Crippen molar-refractivity contribution in [3.63, 3.8) is 0 Å². The fourth-order valence-electron chi connectivity index (χ4n) is 0.919. The van der Waals surface area contributed by atoms with Crippen molar-refractivity contribution in [2.24, 2.45) is 10.9 Å². The molecular formula is C8H10ClN3O2S. The number of hydrogen-bond donors (Lipinski definition) is 3. The summed E-state index contributed by atoms with van der Waals surface area (Å²) in [7, 11) is 0. The zero-order valence-electron chi connectivity index (χ0n) is 7.72. The third-order valence-electron chi connectivity index (χ3n) is 1.57. The number of hydrogen-bond acceptors (Lipinski definition) is 5. The van der Waals surface area contributed by atoms with E-state index < -0.39 is 0 Å². The largest absolute Gasteiger partial charge is 0.409 e. The first-order valence-electron chi connectivity index (χ1n) is 4.06. The smallest absolute Gasteiger partial charge is 0.171 e. The van der Waals surface area contributed by atoms with Gasteiger partial charge in [0.2, 0.25) is 0 Å². The molecule has 0 aliphatic rings. The fraction of sp³-hybridized carbons (Fsp3) is 0.250. The highest BCUT2D eigenvalue weighted by Gasteiger charge is 2.10. The molecule has 82 valence electrons. The van der Waals surface area contributed by atoms with Crippen molar-refractivity contribution >= 4 is 29.2 Å². The summed E-state index contributed by atoms with van der Waals surface area (Å²) in [5, 5.41) is 20.9. The third kappa shape index (κ3) is 2.98. The highest BCUT2D eigenvalue weighted by molar-refractivity contribution is 7.99. The SMILES string of the molecule is N/C(=N/O)c1ccnc(SCCO)c1Cl. The molecule has 0 fully saturated rings. The average Bonchev–Trinajstić information content (AvgIpc) is 2.27. The van der Waals surface area contributed by atoms with Gasteiger partial charge in [0.25, 0.3) is 0 Å². The lowest BCUT2D eigenvalue weighted by atomic mass is 10.2. The summed E-state index contributed by atoms with van der Waals surface area (Å²) in [6.45, 7) is 0.0382. The van der Waals surface area contributed by atoms with Crippen molar-refractivity contribution in [2.45, 2.75) is 5.03 Å². The Morgan fingerprint density at radius 3 is 3.00 bits per heavy atom. The summed E-state index contributed by atoms with van der Waals surface area (Å²) in [5.74, 6) is 0.431. The van der Waals surface area contributed by atoms with Crippen LogP contribution in [0.3, 0.4) is 0 Å². The van der Waals surface area contributed by atoms with Crippen molar-refractivity contribution in [3.05, 3.63) is 22.8 Å². The number of halogens is 1. The van der Waals surface area contributed by atoms with Crippen LogP contribution in [0, 0.1) is 0 Å². The molecule has 0 amide bonds. The van der Waals surface area contributed by atoms with E-state index in [1.54, 1.807) is 6.07 Å². The molecule has 0 aliphatic heterocycles. The molecule has 1 aromatic heterocycles. The maximum atomic E-state index is 8.66. The van der Waals surface area contributed by atoms with Crippen LogP contribution in [0.25, 0.3) is 0 Å². The first-order valence-corrected chi connectivity index (χ1v) is 5.43. The number of aromatic nitrogens is 1. The molecule has 0 saturated carbocycles. The Hall–Kier alpha value is -0.980. The first-order chi connectivity index (χ1) is 7.20. The van der Waals surface area contributed by atoms with Crippen LogP contribution in [-0.2, 0) is 0 Å². The van der Waals surface area contributed by atoms with E-state index in [1.807, 2.05) is 0 Å². The minimum absolute atomic E-state index is 0.0382. The van der Waals surface area contributed by atoms with Crippen LogP contribution in [0.1, 0.15) is 5.56 Å². The van der Waals surface area contributed by atoms with Crippen LogP contribution in [0.15, 0.2) is 22.4 Å². The minimum Gasteiger partial charge on any atom is -0.409 e. The molecule has 1 aromatic rings. The number of nitrogens with two attached hydrogens (primary N) is 1. The molecular weight excluding hydrogens is 238 g/mol. The minimum atomic E-state index is -0.0618. The molecule has 0 atom stereocenters. The van der Waals surface area contributed by atoms with Gasteiger partial charge in [-0.3, -0.25) is 0 Å². The Morgan fingerprint density at radius 2 is 2.40 bits per heavy atom. The Bertz CT molecular complexity index is 373. The molecule has 1 heterocycles. The lowest BCUT2D eigenvalue weighted by Crippen LogP contribution is -2.14. The van der Waals surface area contributed by atoms with E-state index in [2.05, 4.69) is 10.1 Å². The van der Waals surface area contributed by atoms with Gasteiger partial charge in [0.15, 0.2) is 5.84 Å². The van der Waals surface area contributed by atoms with E-state index in [4.69, 9.17) is 27.6 Å². The Morgan fingerprint density at radius 1 is 1.67 bits per heavy atom. The Balaban J connectivity index is 3.00. The van der Waals surface area contributed by atoms with Gasteiger partial charge in [-0.25, -0.2) is 4.98 Å². The molecule has 0 aliphatic carbocycles. The van der Waals surface area contributed by atoms with Gasteiger partial charge in [-0.15, -0.1) is 11.8 Å². The summed E-state index contributed by atoms with van der Waals surface area (Å²) >= 11 is 7.29. The number of amidine groups is 1. The van der Waals surface area contributed by atoms with Gasteiger partial charge in [-0.1, -0.05) is 16.8 Å². The molecule has 0 unspecified atom stereocenters. The van der Waals surface area contributed by atoms with Gasteiger partial charge in [-0.05, 0) is 6.07 Å². The number of oxime groups is 1. The van der Waals surface area contributed by atoms with Gasteiger partial charge in [0, 0.05) is 17.5 Å². The van der Waals surface area contributed by atoms with E-state index in [9.17, 15) is 0 Å². The average molecular weight is 248 g/mol. The zero-order valence-corrected chi connectivity index (χ0v) is 9.29. The van der Waals surface area contributed by atoms with E-state index in [0.29, 0.717) is 21.4 Å². The maximum absolute atomic E-state index is 8.66. The molecule has 0 bridgehead atoms. The first kappa shape index (κ1) is 12.1. The lowest BCUT2D eigenvalue weighted by Gasteiger charge is -2.06. The molecule has 4 N–H and O–H groups in total. The normalized spacial score (nSPS) is 11.7. The lowest BCUT2D eigenvalue weighted by molar-refractivity contribution is 0.318. The van der Waals surface area contributed by atoms with Crippen LogP contribution in [0.2, 0.25) is 5.02 Å². The second kappa shape index (κ2) is 5.79. The van der Waals surface area contributed by atoms with Crippen LogP contribution < -0.4 is 5.73 Å². The van der Waals surface area contributed by atoms with Crippen molar-refractivity contribution in [1.29, 1.82) is 0 Å². The number of thioether (sulfide) groups is 1. The standard InChI is InChI=1S/C8H10ClN3O2S/c9-6-5(7(10)12-14)1-2-11-8(6)15-4-3-13/h1-2,13-14H,3-4H2,(H2,10,12). The van der Waals surface area contributed by atoms with Crippen LogP contribution in [-0.4, -0.2) is 33.5 Å². The number of aliphatic hydroxyl groups is 1. The predicted octanol–water partition coefficient (Wildman–Crippen LogP) is 0.914. The second-order valence-corrected chi connectivity index (χ2v) is 4.00. The zero-order chi connectivity index (χ0) is 11.3. The second-order valence-electron chi connectivity index (χ2n) is 2.53. The van der Waals surface area contributed by atoms with E-state index in [0.717, 1.165) is 0 Å². The van der Waals surface area contributed by atoms with Gasteiger partial charge in [-0.2, -0.15) is 0 Å². The van der Waals surface area contributed by atoms with Gasteiger partial charge >= 0.3 is 0 Å². The molecule has 7 heteroatoms. The number of rotatable bonds is 4. The summed E-state index contributed by atoms with van der Waals surface area (Å²) < 4.78 is 0. The monoisotopic (exact) mass is 247 g/mol. The van der Waals surface area contributed by atoms with Crippen molar-refractivity contribution < 1.29 is 10.3 Å². The summed E-state index contributed by atoms with van der Waals surface area (Å²) in [4.78, 5) is 4.02. The van der Waals surface area contributed by atoms with Crippen LogP contribution in [0.4, 0.5) is 0 Å². The van der Waals surface area contributed by atoms with Crippen LogP contribution >= 0.6 is 23.4 Å². The Kier molecular flexibility index (Phi) is 4.67. The fourth-order valence-corrected chi connectivity index (χ4v) is 1.95. The molecule has 1 rings (SSSR count). The van der Waals surface area contributed by atoms with Gasteiger partial charge < -0.3 is 16.0 Å². The molecule has 5 nitrogen and oxygen atoms in total. The van der Waals surface area contributed by atoms with Crippen molar-refractivity contribution in [3.8, 4) is 0 Å². The summed E-state index contributed by atoms with van der Waals surface area (Å²) in [5.41, 5.74) is 5.85. The van der Waals surface area contributed by atoms with Gasteiger partial charge in [0.1, 0.15) is 5.03 Å². The van der Waals surface area contributed by atoms with Crippen LogP contribution in [0.5, 0.6) is 0 Å². The topological polar surface area (TPSA) is 91.7 Å². The highest BCUT2D eigenvalue weighted by atomic mass is 35.5. The molecule has 0 spiro atoms.